The van der Waals surface area contributed by atoms with Gasteiger partial charge in [-0.25, -0.2) is 0 Å². The zero-order valence-electron chi connectivity index (χ0n) is 12.4. The lowest BCUT2D eigenvalue weighted by atomic mass is 9.78. The van der Waals surface area contributed by atoms with Crippen molar-refractivity contribution in [2.45, 2.75) is 33.1 Å². The monoisotopic (exact) mass is 266 g/mol. The summed E-state index contributed by atoms with van der Waals surface area (Å²) in [7, 11) is 1.91. The number of hydrogen-bond acceptors (Lipinski definition) is 4. The van der Waals surface area contributed by atoms with E-state index in [9.17, 15) is 0 Å². The van der Waals surface area contributed by atoms with E-state index < -0.39 is 0 Å². The van der Waals surface area contributed by atoms with Crippen molar-refractivity contribution in [3.8, 4) is 0 Å². The van der Waals surface area contributed by atoms with Crippen molar-refractivity contribution in [1.29, 1.82) is 0 Å². The Balaban J connectivity index is 1.97. The van der Waals surface area contributed by atoms with Gasteiger partial charge >= 0.3 is 0 Å². The molecule has 0 bridgehead atoms. The van der Waals surface area contributed by atoms with Gasteiger partial charge in [-0.1, -0.05) is 19.1 Å². The van der Waals surface area contributed by atoms with Crippen LogP contribution in [0.3, 0.4) is 0 Å². The molecule has 0 radical (unpaired) electrons. The van der Waals surface area contributed by atoms with Gasteiger partial charge in [0.2, 0.25) is 0 Å². The molecule has 19 heavy (non-hydrogen) atoms. The Bertz CT molecular complexity index is 383. The Hall–Kier alpha value is -0.940. The minimum absolute atomic E-state index is 0.184. The summed E-state index contributed by atoms with van der Waals surface area (Å²) in [4.78, 5) is 0. The molecule has 5 nitrogen and oxygen atoms in total. The Morgan fingerprint density at radius 3 is 2.95 bits per heavy atom. The molecule has 0 spiro atoms. The van der Waals surface area contributed by atoms with Gasteiger partial charge in [-0.3, -0.25) is 4.68 Å². The van der Waals surface area contributed by atoms with Crippen LogP contribution in [0.5, 0.6) is 0 Å². The largest absolute Gasteiger partial charge is 0.381 e. The van der Waals surface area contributed by atoms with Gasteiger partial charge in [-0.15, -0.1) is 5.10 Å². The maximum absolute atomic E-state index is 5.73. The molecule has 1 aromatic heterocycles. The van der Waals surface area contributed by atoms with Crippen molar-refractivity contribution in [1.82, 2.24) is 20.3 Å². The molecule has 0 amide bonds. The highest BCUT2D eigenvalue weighted by atomic mass is 16.5. The Kier molecular flexibility index (Phi) is 4.93. The molecule has 1 aliphatic rings. The summed E-state index contributed by atoms with van der Waals surface area (Å²) in [6.07, 6.45) is 5.31. The second kappa shape index (κ2) is 6.48. The van der Waals surface area contributed by atoms with Crippen LogP contribution in [-0.2, 0) is 18.2 Å². The molecule has 0 aromatic carbocycles. The molecule has 1 atom stereocenters. The number of nitrogens with one attached hydrogen (secondary N) is 1. The lowest BCUT2D eigenvalue weighted by molar-refractivity contribution is -0.00788. The molecule has 108 valence electrons. The van der Waals surface area contributed by atoms with Crippen molar-refractivity contribution in [3.63, 3.8) is 0 Å². The fourth-order valence-corrected chi connectivity index (χ4v) is 2.74. The SMILES string of the molecule is CC(C)CNCC1(Cc2cn(C)nn2)CCCOC1. The van der Waals surface area contributed by atoms with Gasteiger partial charge in [-0.2, -0.15) is 0 Å². The standard InChI is InChI=1S/C14H26N4O/c1-12(2)8-15-10-14(5-4-6-19-11-14)7-13-9-18(3)17-16-13/h9,12,15H,4-8,10-11H2,1-3H3. The lowest BCUT2D eigenvalue weighted by Gasteiger charge is -2.37. The van der Waals surface area contributed by atoms with Crippen LogP contribution in [0.25, 0.3) is 0 Å². The summed E-state index contributed by atoms with van der Waals surface area (Å²) >= 11 is 0. The Morgan fingerprint density at radius 1 is 1.53 bits per heavy atom. The number of aromatic nitrogens is 3. The first-order chi connectivity index (χ1) is 9.10. The molecule has 1 aromatic rings. The maximum atomic E-state index is 5.73. The summed E-state index contributed by atoms with van der Waals surface area (Å²) in [5.41, 5.74) is 1.25. The molecular weight excluding hydrogens is 240 g/mol. The summed E-state index contributed by atoms with van der Waals surface area (Å²) in [5, 5.41) is 11.8. The normalized spacial score (nSPS) is 24.0. The van der Waals surface area contributed by atoms with Crippen LogP contribution in [0.4, 0.5) is 0 Å². The summed E-state index contributed by atoms with van der Waals surface area (Å²) in [6.45, 7) is 8.25. The molecule has 0 saturated carbocycles. The third-order valence-electron chi connectivity index (χ3n) is 3.66. The summed E-state index contributed by atoms with van der Waals surface area (Å²) in [6, 6.07) is 0. The molecule has 1 N–H and O–H groups in total. The third kappa shape index (κ3) is 4.28. The van der Waals surface area contributed by atoms with E-state index in [1.807, 2.05) is 13.2 Å². The van der Waals surface area contributed by atoms with Crippen molar-refractivity contribution >= 4 is 0 Å². The number of nitrogens with zero attached hydrogens (tertiary/aromatic N) is 3. The van der Waals surface area contributed by atoms with Crippen LogP contribution in [0.2, 0.25) is 0 Å². The molecule has 1 fully saturated rings. The summed E-state index contributed by atoms with van der Waals surface area (Å²) < 4.78 is 7.50. The molecule has 1 aliphatic heterocycles. The van der Waals surface area contributed by atoms with Crippen molar-refractivity contribution in [3.05, 3.63) is 11.9 Å². The second-order valence-electron chi connectivity index (χ2n) is 6.24. The highest BCUT2D eigenvalue weighted by molar-refractivity contribution is 5.00. The number of hydrogen-bond donors (Lipinski definition) is 1. The average molecular weight is 266 g/mol. The van der Waals surface area contributed by atoms with Crippen LogP contribution >= 0.6 is 0 Å². The predicted octanol–water partition coefficient (Wildman–Crippen LogP) is 1.40. The van der Waals surface area contributed by atoms with Gasteiger partial charge in [0, 0.05) is 38.2 Å². The van der Waals surface area contributed by atoms with Gasteiger partial charge in [0.05, 0.1) is 12.3 Å². The van der Waals surface area contributed by atoms with Crippen LogP contribution < -0.4 is 5.32 Å². The molecule has 1 unspecified atom stereocenters. The van der Waals surface area contributed by atoms with Gasteiger partial charge in [-0.05, 0) is 25.3 Å². The van der Waals surface area contributed by atoms with Crippen molar-refractivity contribution in [2.75, 3.05) is 26.3 Å². The summed E-state index contributed by atoms with van der Waals surface area (Å²) in [5.74, 6) is 0.679. The highest BCUT2D eigenvalue weighted by Gasteiger charge is 2.33. The van der Waals surface area contributed by atoms with E-state index in [1.165, 1.54) is 6.42 Å². The zero-order valence-corrected chi connectivity index (χ0v) is 12.4. The topological polar surface area (TPSA) is 52.0 Å². The molecule has 2 heterocycles. The van der Waals surface area contributed by atoms with E-state index in [0.29, 0.717) is 5.92 Å². The first kappa shape index (κ1) is 14.5. The number of rotatable bonds is 6. The van der Waals surface area contributed by atoms with E-state index in [2.05, 4.69) is 29.5 Å². The van der Waals surface area contributed by atoms with Crippen molar-refractivity contribution in [2.24, 2.45) is 18.4 Å². The third-order valence-corrected chi connectivity index (χ3v) is 3.66. The molecule has 1 saturated heterocycles. The molecule has 2 rings (SSSR count). The maximum Gasteiger partial charge on any atom is 0.0833 e. The lowest BCUT2D eigenvalue weighted by Crippen LogP contribution is -2.43. The fraction of sp³-hybridized carbons (Fsp3) is 0.857. The van der Waals surface area contributed by atoms with E-state index in [4.69, 9.17) is 4.74 Å². The predicted molar refractivity (Wildman–Crippen MR) is 74.9 cm³/mol. The minimum atomic E-state index is 0.184. The number of aryl methyl sites for hydroxylation is 1. The van der Waals surface area contributed by atoms with Gasteiger partial charge < -0.3 is 10.1 Å². The van der Waals surface area contributed by atoms with Gasteiger partial charge in [0.1, 0.15) is 0 Å². The minimum Gasteiger partial charge on any atom is -0.381 e. The molecule has 5 heteroatoms. The Labute approximate surface area is 115 Å². The zero-order chi connectivity index (χ0) is 13.7. The van der Waals surface area contributed by atoms with Crippen molar-refractivity contribution < 1.29 is 4.74 Å². The molecule has 0 aliphatic carbocycles. The quantitative estimate of drug-likeness (QED) is 0.845. The second-order valence-corrected chi connectivity index (χ2v) is 6.24. The van der Waals surface area contributed by atoms with Gasteiger partial charge in [0.15, 0.2) is 0 Å². The number of ether oxygens (including phenoxy) is 1. The van der Waals surface area contributed by atoms with E-state index in [0.717, 1.165) is 44.8 Å². The first-order valence-electron chi connectivity index (χ1n) is 7.23. The van der Waals surface area contributed by atoms with E-state index in [1.54, 1.807) is 4.68 Å². The van der Waals surface area contributed by atoms with Crippen LogP contribution in [0, 0.1) is 11.3 Å². The smallest absolute Gasteiger partial charge is 0.0833 e. The van der Waals surface area contributed by atoms with E-state index in [-0.39, 0.29) is 5.41 Å². The molecular formula is C14H26N4O. The van der Waals surface area contributed by atoms with E-state index >= 15 is 0 Å². The Morgan fingerprint density at radius 2 is 2.37 bits per heavy atom. The van der Waals surface area contributed by atoms with Crippen LogP contribution in [0.1, 0.15) is 32.4 Å². The first-order valence-corrected chi connectivity index (χ1v) is 7.23. The van der Waals surface area contributed by atoms with Crippen LogP contribution in [0.15, 0.2) is 6.20 Å². The van der Waals surface area contributed by atoms with Crippen LogP contribution in [-0.4, -0.2) is 41.3 Å². The van der Waals surface area contributed by atoms with Gasteiger partial charge in [0.25, 0.3) is 0 Å². The average Bonchev–Trinajstić information content (AvgIpc) is 2.75. The fourth-order valence-electron chi connectivity index (χ4n) is 2.74. The highest BCUT2D eigenvalue weighted by Crippen LogP contribution is 2.31.